The molecular weight excluding hydrogens is 310 g/mol. The van der Waals surface area contributed by atoms with Crippen molar-refractivity contribution >= 4 is 35.0 Å². The molecule has 2 aromatic rings. The summed E-state index contributed by atoms with van der Waals surface area (Å²) in [7, 11) is 1.29. The van der Waals surface area contributed by atoms with Gasteiger partial charge in [-0.1, -0.05) is 6.07 Å². The molecule has 1 aliphatic rings. The van der Waals surface area contributed by atoms with Gasteiger partial charge in [-0.05, 0) is 42.0 Å². The fourth-order valence-electron chi connectivity index (χ4n) is 2.44. The monoisotopic (exact) mass is 325 g/mol. The minimum atomic E-state index is -0.477. The minimum Gasteiger partial charge on any atom is -0.465 e. The van der Waals surface area contributed by atoms with Crippen LogP contribution in [-0.2, 0) is 16.0 Å². The van der Waals surface area contributed by atoms with Gasteiger partial charge in [0.2, 0.25) is 5.91 Å². The molecule has 0 fully saturated rings. The average Bonchev–Trinajstić information content (AvgIpc) is 2.93. The summed E-state index contributed by atoms with van der Waals surface area (Å²) >= 11 is 0. The third-order valence-electron chi connectivity index (χ3n) is 3.53. The number of amides is 3. The first kappa shape index (κ1) is 15.5. The largest absolute Gasteiger partial charge is 0.465 e. The van der Waals surface area contributed by atoms with Crippen LogP contribution in [0.3, 0.4) is 0 Å². The third kappa shape index (κ3) is 3.35. The summed E-state index contributed by atoms with van der Waals surface area (Å²) in [6, 6.07) is 11.2. The highest BCUT2D eigenvalue weighted by atomic mass is 16.5. The molecule has 0 radical (unpaired) electrons. The first-order chi connectivity index (χ1) is 11.5. The van der Waals surface area contributed by atoms with Crippen molar-refractivity contribution in [2.45, 2.75) is 6.42 Å². The SMILES string of the molecule is COC(=O)c1cccc(NC(=O)Nc2ccc3c(c2)CC(=O)N3)c1. The predicted octanol–water partition coefficient (Wildman–Crippen LogP) is 2.61. The second-order valence-corrected chi connectivity index (χ2v) is 5.25. The lowest BCUT2D eigenvalue weighted by Crippen LogP contribution is -2.19. The first-order valence-corrected chi connectivity index (χ1v) is 7.24. The zero-order valence-electron chi connectivity index (χ0n) is 12.9. The number of hydrogen-bond acceptors (Lipinski definition) is 4. The third-order valence-corrected chi connectivity index (χ3v) is 3.53. The highest BCUT2D eigenvalue weighted by Crippen LogP contribution is 2.26. The lowest BCUT2D eigenvalue weighted by atomic mass is 10.1. The Morgan fingerprint density at radius 1 is 1.08 bits per heavy atom. The number of methoxy groups -OCH3 is 1. The number of urea groups is 1. The Morgan fingerprint density at radius 3 is 2.58 bits per heavy atom. The van der Waals surface area contributed by atoms with Gasteiger partial charge in [0.25, 0.3) is 0 Å². The van der Waals surface area contributed by atoms with Gasteiger partial charge in [-0.3, -0.25) is 4.79 Å². The number of carbonyl (C=O) groups excluding carboxylic acids is 3. The Kier molecular flexibility index (Phi) is 4.15. The van der Waals surface area contributed by atoms with Gasteiger partial charge in [-0.15, -0.1) is 0 Å². The molecule has 0 atom stereocenters. The van der Waals surface area contributed by atoms with Gasteiger partial charge in [0, 0.05) is 17.1 Å². The van der Waals surface area contributed by atoms with Gasteiger partial charge >= 0.3 is 12.0 Å². The average molecular weight is 325 g/mol. The molecule has 3 rings (SSSR count). The molecule has 0 bridgehead atoms. The highest BCUT2D eigenvalue weighted by molar-refractivity contribution is 6.03. The Labute approximate surface area is 138 Å². The number of ether oxygens (including phenoxy) is 1. The van der Waals surface area contributed by atoms with Gasteiger partial charge in [0.1, 0.15) is 0 Å². The molecule has 0 saturated carbocycles. The summed E-state index contributed by atoms with van der Waals surface area (Å²) in [5.74, 6) is -0.541. The summed E-state index contributed by atoms with van der Waals surface area (Å²) in [6.45, 7) is 0. The zero-order chi connectivity index (χ0) is 17.1. The number of carbonyl (C=O) groups is 3. The number of fused-ring (bicyclic) bond motifs is 1. The lowest BCUT2D eigenvalue weighted by molar-refractivity contribution is -0.115. The number of hydrogen-bond donors (Lipinski definition) is 3. The van der Waals surface area contributed by atoms with Crippen molar-refractivity contribution in [3.05, 3.63) is 53.6 Å². The molecular formula is C17H15N3O4. The molecule has 0 spiro atoms. The van der Waals surface area contributed by atoms with Crippen molar-refractivity contribution in [1.82, 2.24) is 0 Å². The Hall–Kier alpha value is -3.35. The van der Waals surface area contributed by atoms with Crippen LogP contribution in [0, 0.1) is 0 Å². The molecule has 1 aliphatic heterocycles. The minimum absolute atomic E-state index is 0.0637. The van der Waals surface area contributed by atoms with Crippen LogP contribution in [0.4, 0.5) is 21.9 Å². The summed E-state index contributed by atoms with van der Waals surface area (Å²) in [6.07, 6.45) is 0.299. The van der Waals surface area contributed by atoms with Crippen LogP contribution >= 0.6 is 0 Å². The molecule has 2 aromatic carbocycles. The van der Waals surface area contributed by atoms with E-state index in [0.717, 1.165) is 11.3 Å². The molecule has 0 aliphatic carbocycles. The van der Waals surface area contributed by atoms with Crippen molar-refractivity contribution in [2.24, 2.45) is 0 Å². The number of rotatable bonds is 3. The van der Waals surface area contributed by atoms with Crippen LogP contribution < -0.4 is 16.0 Å². The van der Waals surface area contributed by atoms with Crippen molar-refractivity contribution < 1.29 is 19.1 Å². The van der Waals surface area contributed by atoms with E-state index in [1.807, 2.05) is 0 Å². The Morgan fingerprint density at radius 2 is 1.83 bits per heavy atom. The quantitative estimate of drug-likeness (QED) is 0.756. The highest BCUT2D eigenvalue weighted by Gasteiger charge is 2.18. The molecule has 7 nitrogen and oxygen atoms in total. The van der Waals surface area contributed by atoms with Crippen LogP contribution in [-0.4, -0.2) is 25.0 Å². The lowest BCUT2D eigenvalue weighted by Gasteiger charge is -2.09. The second-order valence-electron chi connectivity index (χ2n) is 5.25. The summed E-state index contributed by atoms with van der Waals surface area (Å²) in [4.78, 5) is 34.9. The number of nitrogens with one attached hydrogen (secondary N) is 3. The van der Waals surface area contributed by atoms with E-state index in [0.29, 0.717) is 23.4 Å². The maximum Gasteiger partial charge on any atom is 0.337 e. The van der Waals surface area contributed by atoms with Gasteiger partial charge in [-0.25, -0.2) is 9.59 Å². The van der Waals surface area contributed by atoms with Crippen molar-refractivity contribution in [3.63, 3.8) is 0 Å². The molecule has 7 heteroatoms. The summed E-state index contributed by atoms with van der Waals surface area (Å²) < 4.78 is 4.64. The maximum absolute atomic E-state index is 12.1. The fourth-order valence-corrected chi connectivity index (χ4v) is 2.44. The summed E-state index contributed by atoms with van der Waals surface area (Å²) in [5, 5.41) is 8.07. The standard InChI is InChI=1S/C17H15N3O4/c1-24-16(22)10-3-2-4-12(7-10)18-17(23)19-13-5-6-14-11(8-13)9-15(21)20-14/h2-8H,9H2,1H3,(H,20,21)(H2,18,19,23). The fraction of sp³-hybridized carbons (Fsp3) is 0.118. The van der Waals surface area contributed by atoms with Crippen LogP contribution in [0.5, 0.6) is 0 Å². The topological polar surface area (TPSA) is 96.5 Å². The molecule has 122 valence electrons. The van der Waals surface area contributed by atoms with E-state index in [-0.39, 0.29) is 5.91 Å². The normalized spacial score (nSPS) is 12.1. The van der Waals surface area contributed by atoms with Crippen LogP contribution in [0.15, 0.2) is 42.5 Å². The van der Waals surface area contributed by atoms with Crippen molar-refractivity contribution in [1.29, 1.82) is 0 Å². The first-order valence-electron chi connectivity index (χ1n) is 7.24. The van der Waals surface area contributed by atoms with E-state index in [1.54, 1.807) is 36.4 Å². The number of anilines is 3. The molecule has 0 saturated heterocycles. The van der Waals surface area contributed by atoms with Gasteiger partial charge in [0.15, 0.2) is 0 Å². The van der Waals surface area contributed by atoms with Crippen LogP contribution in [0.25, 0.3) is 0 Å². The van der Waals surface area contributed by atoms with E-state index in [4.69, 9.17) is 0 Å². The van der Waals surface area contributed by atoms with E-state index in [1.165, 1.54) is 13.2 Å². The van der Waals surface area contributed by atoms with Gasteiger partial charge in [0.05, 0.1) is 19.1 Å². The van der Waals surface area contributed by atoms with Crippen LogP contribution in [0.2, 0.25) is 0 Å². The Bertz CT molecular complexity index is 832. The zero-order valence-corrected chi connectivity index (χ0v) is 12.9. The van der Waals surface area contributed by atoms with Crippen molar-refractivity contribution in [2.75, 3.05) is 23.1 Å². The van der Waals surface area contributed by atoms with E-state index in [2.05, 4.69) is 20.7 Å². The van der Waals surface area contributed by atoms with Crippen molar-refractivity contribution in [3.8, 4) is 0 Å². The van der Waals surface area contributed by atoms with E-state index in [9.17, 15) is 14.4 Å². The molecule has 24 heavy (non-hydrogen) atoms. The van der Waals surface area contributed by atoms with Gasteiger partial charge < -0.3 is 20.7 Å². The smallest absolute Gasteiger partial charge is 0.337 e. The van der Waals surface area contributed by atoms with Gasteiger partial charge in [-0.2, -0.15) is 0 Å². The molecule has 0 unspecified atom stereocenters. The predicted molar refractivity (Wildman–Crippen MR) is 89.2 cm³/mol. The number of benzene rings is 2. The molecule has 3 N–H and O–H groups in total. The molecule has 3 amide bonds. The number of esters is 1. The Balaban J connectivity index is 1.67. The summed E-state index contributed by atoms with van der Waals surface area (Å²) in [5.41, 5.74) is 2.99. The van der Waals surface area contributed by atoms with E-state index < -0.39 is 12.0 Å². The van der Waals surface area contributed by atoms with Crippen LogP contribution in [0.1, 0.15) is 15.9 Å². The molecule has 0 aromatic heterocycles. The second kappa shape index (κ2) is 6.41. The molecule has 1 heterocycles. The van der Waals surface area contributed by atoms with E-state index >= 15 is 0 Å². The maximum atomic E-state index is 12.1.